The van der Waals surface area contributed by atoms with Crippen molar-refractivity contribution >= 4 is 0 Å². The highest BCUT2D eigenvalue weighted by molar-refractivity contribution is 5.54. The fourth-order valence-corrected chi connectivity index (χ4v) is 6.02. The Morgan fingerprint density at radius 1 is 1.03 bits per heavy atom. The number of pyridine rings is 1. The molecule has 36 heavy (non-hydrogen) atoms. The first-order valence-corrected chi connectivity index (χ1v) is 13.1. The van der Waals surface area contributed by atoms with Crippen molar-refractivity contribution in [3.05, 3.63) is 63.5 Å². The molecule has 3 heterocycles. The number of aliphatic hydroxyl groups is 1. The number of ether oxygens (including phenoxy) is 2. The Bertz CT molecular complexity index is 1090. The minimum Gasteiger partial charge on any atom is -0.388 e. The molecule has 7 heteroatoms. The maximum Gasteiger partial charge on any atom is 0.416 e. The predicted octanol–water partition coefficient (Wildman–Crippen LogP) is 7.38. The van der Waals surface area contributed by atoms with Crippen LogP contribution in [0.2, 0.25) is 0 Å². The molecule has 1 aliphatic carbocycles. The Balaban J connectivity index is 0.00000148. The third-order valence-electron chi connectivity index (χ3n) is 7.56. The summed E-state index contributed by atoms with van der Waals surface area (Å²) in [7, 11) is 0. The molecule has 1 aromatic heterocycles. The lowest BCUT2D eigenvalue weighted by atomic mass is 9.70. The fraction of sp³-hybridized carbons (Fsp3) is 0.621. The van der Waals surface area contributed by atoms with Crippen molar-refractivity contribution in [3.8, 4) is 0 Å². The summed E-state index contributed by atoms with van der Waals surface area (Å²) in [6, 6.07) is 5.26. The van der Waals surface area contributed by atoms with Gasteiger partial charge in [-0.15, -0.1) is 0 Å². The highest BCUT2D eigenvalue weighted by Gasteiger charge is 2.52. The minimum atomic E-state index is -4.39. The van der Waals surface area contributed by atoms with Gasteiger partial charge in [-0.25, -0.2) is 0 Å². The van der Waals surface area contributed by atoms with E-state index in [0.29, 0.717) is 38.0 Å². The molecule has 2 aliphatic heterocycles. The van der Waals surface area contributed by atoms with Gasteiger partial charge in [0.1, 0.15) is 6.10 Å². The van der Waals surface area contributed by atoms with Crippen LogP contribution in [0.25, 0.3) is 0 Å². The molecule has 2 unspecified atom stereocenters. The van der Waals surface area contributed by atoms with Crippen LogP contribution in [0.4, 0.5) is 13.2 Å². The molecule has 1 saturated heterocycles. The average molecular weight is 506 g/mol. The smallest absolute Gasteiger partial charge is 0.388 e. The van der Waals surface area contributed by atoms with Gasteiger partial charge in [-0.2, -0.15) is 13.2 Å². The van der Waals surface area contributed by atoms with Crippen molar-refractivity contribution in [2.75, 3.05) is 13.2 Å². The first kappa shape index (κ1) is 27.1. The molecule has 5 rings (SSSR count). The molecule has 1 spiro atoms. The molecule has 3 aliphatic rings. The first-order valence-electron chi connectivity index (χ1n) is 13.1. The standard InChI is InChI=1S/C27H32F3NO3.C2H6/c1-15(2)23-21-22(20-18(31-23)13-25(3,4)14-19(20)32)26(9-11-33-12-10-26)34-24(21)16-5-7-17(8-6-16)27(28,29)30;1-2/h5-8,15,19,24,32H,9-14H2,1-4H3;1-2H3. The summed E-state index contributed by atoms with van der Waals surface area (Å²) in [5.41, 5.74) is 3.92. The number of alkyl halides is 3. The van der Waals surface area contributed by atoms with Crippen molar-refractivity contribution in [1.29, 1.82) is 0 Å². The zero-order valence-corrected chi connectivity index (χ0v) is 22.1. The molecule has 2 atom stereocenters. The fourth-order valence-electron chi connectivity index (χ4n) is 6.02. The normalized spacial score (nSPS) is 24.2. The number of halogens is 3. The summed E-state index contributed by atoms with van der Waals surface area (Å²) in [6.45, 7) is 13.5. The molecule has 1 aromatic carbocycles. The number of aromatic nitrogens is 1. The summed E-state index contributed by atoms with van der Waals surface area (Å²) < 4.78 is 52.1. The third-order valence-corrected chi connectivity index (χ3v) is 7.56. The summed E-state index contributed by atoms with van der Waals surface area (Å²) in [5.74, 6) is 0.0942. The van der Waals surface area contributed by atoms with Crippen LogP contribution in [0.5, 0.6) is 0 Å². The number of hydrogen-bond acceptors (Lipinski definition) is 4. The molecule has 0 radical (unpaired) electrons. The zero-order valence-electron chi connectivity index (χ0n) is 22.1. The van der Waals surface area contributed by atoms with E-state index >= 15 is 0 Å². The van der Waals surface area contributed by atoms with E-state index in [-0.39, 0.29) is 11.3 Å². The van der Waals surface area contributed by atoms with Gasteiger partial charge in [0.2, 0.25) is 0 Å². The number of fused-ring (bicyclic) bond motifs is 4. The molecule has 1 N–H and O–H groups in total. The van der Waals surface area contributed by atoms with Crippen LogP contribution in [-0.4, -0.2) is 23.3 Å². The second kappa shape index (κ2) is 9.73. The molecular formula is C29H38F3NO3. The largest absolute Gasteiger partial charge is 0.416 e. The van der Waals surface area contributed by atoms with Crippen LogP contribution in [0, 0.1) is 5.41 Å². The van der Waals surface area contributed by atoms with Crippen molar-refractivity contribution in [2.24, 2.45) is 5.41 Å². The maximum absolute atomic E-state index is 13.2. The van der Waals surface area contributed by atoms with E-state index in [1.54, 1.807) is 0 Å². The van der Waals surface area contributed by atoms with Gasteiger partial charge in [-0.05, 0) is 47.4 Å². The number of rotatable bonds is 2. The Morgan fingerprint density at radius 3 is 2.19 bits per heavy atom. The highest BCUT2D eigenvalue weighted by Crippen LogP contribution is 2.57. The number of benzene rings is 1. The monoisotopic (exact) mass is 505 g/mol. The van der Waals surface area contributed by atoms with Gasteiger partial charge in [0, 0.05) is 48.6 Å². The van der Waals surface area contributed by atoms with Crippen LogP contribution < -0.4 is 0 Å². The lowest BCUT2D eigenvalue weighted by molar-refractivity contribution is -0.137. The van der Waals surface area contributed by atoms with Crippen LogP contribution >= 0.6 is 0 Å². The van der Waals surface area contributed by atoms with Gasteiger partial charge in [-0.1, -0.05) is 53.7 Å². The molecular weight excluding hydrogens is 467 g/mol. The second-order valence-electron chi connectivity index (χ2n) is 11.1. The molecule has 4 nitrogen and oxygen atoms in total. The Labute approximate surface area is 212 Å². The van der Waals surface area contributed by atoms with Gasteiger partial charge >= 0.3 is 6.18 Å². The van der Waals surface area contributed by atoms with Crippen LogP contribution in [0.3, 0.4) is 0 Å². The van der Waals surface area contributed by atoms with Crippen LogP contribution in [0.1, 0.15) is 118 Å². The molecule has 0 bridgehead atoms. The van der Waals surface area contributed by atoms with Crippen molar-refractivity contribution in [1.82, 2.24) is 4.98 Å². The van der Waals surface area contributed by atoms with E-state index < -0.39 is 29.5 Å². The SMILES string of the molecule is CC.CC(C)c1nc2c(c3c1C(c1ccc(C(F)(F)F)cc1)OC31CCOCC1)C(O)CC(C)(C)C2. The average Bonchev–Trinajstić information content (AvgIpc) is 3.13. The Hall–Kier alpha value is -1.96. The molecule has 198 valence electrons. The lowest BCUT2D eigenvalue weighted by Gasteiger charge is -2.40. The van der Waals surface area contributed by atoms with Gasteiger partial charge in [0.25, 0.3) is 0 Å². The minimum absolute atomic E-state index is 0.0724. The second-order valence-corrected chi connectivity index (χ2v) is 11.1. The summed E-state index contributed by atoms with van der Waals surface area (Å²) >= 11 is 0. The lowest BCUT2D eigenvalue weighted by Crippen LogP contribution is -2.37. The van der Waals surface area contributed by atoms with Crippen molar-refractivity contribution in [2.45, 2.75) is 97.1 Å². The number of aliphatic hydroxyl groups excluding tert-OH is 1. The van der Waals surface area contributed by atoms with Gasteiger partial charge in [0.15, 0.2) is 0 Å². The van der Waals surface area contributed by atoms with E-state index in [9.17, 15) is 18.3 Å². The third kappa shape index (κ3) is 4.70. The molecule has 2 aromatic rings. The first-order chi connectivity index (χ1) is 16.9. The summed E-state index contributed by atoms with van der Waals surface area (Å²) in [6.07, 6.45) is -2.90. The maximum atomic E-state index is 13.2. The van der Waals surface area contributed by atoms with Crippen LogP contribution in [-0.2, 0) is 27.7 Å². The number of nitrogens with zero attached hydrogens (tertiary/aromatic N) is 1. The Kier molecular flexibility index (Phi) is 7.32. The van der Waals surface area contributed by atoms with E-state index in [2.05, 4.69) is 27.7 Å². The summed E-state index contributed by atoms with van der Waals surface area (Å²) in [5, 5.41) is 11.3. The van der Waals surface area contributed by atoms with E-state index in [4.69, 9.17) is 14.5 Å². The van der Waals surface area contributed by atoms with Crippen molar-refractivity contribution < 1.29 is 27.8 Å². The van der Waals surface area contributed by atoms with E-state index in [1.807, 2.05) is 13.8 Å². The van der Waals surface area contributed by atoms with Gasteiger partial charge < -0.3 is 14.6 Å². The van der Waals surface area contributed by atoms with Gasteiger partial charge in [-0.3, -0.25) is 4.98 Å². The molecule has 1 fully saturated rings. The number of hydrogen-bond donors (Lipinski definition) is 1. The summed E-state index contributed by atoms with van der Waals surface area (Å²) in [4.78, 5) is 5.09. The zero-order chi connectivity index (χ0) is 26.5. The van der Waals surface area contributed by atoms with Crippen LogP contribution in [0.15, 0.2) is 24.3 Å². The molecule has 0 saturated carbocycles. The van der Waals surface area contributed by atoms with Crippen molar-refractivity contribution in [3.63, 3.8) is 0 Å². The molecule has 0 amide bonds. The quantitative estimate of drug-likeness (QED) is 0.463. The van der Waals surface area contributed by atoms with E-state index in [0.717, 1.165) is 46.6 Å². The Morgan fingerprint density at radius 2 is 1.64 bits per heavy atom. The van der Waals surface area contributed by atoms with E-state index in [1.165, 1.54) is 12.1 Å². The highest BCUT2D eigenvalue weighted by atomic mass is 19.4. The topological polar surface area (TPSA) is 51.6 Å². The van der Waals surface area contributed by atoms with Gasteiger partial charge in [0.05, 0.1) is 17.3 Å². The predicted molar refractivity (Wildman–Crippen MR) is 133 cm³/mol.